The maximum atomic E-state index is 11.1. The predicted molar refractivity (Wildman–Crippen MR) is 63.8 cm³/mol. The van der Waals surface area contributed by atoms with Gasteiger partial charge in [-0.25, -0.2) is 4.21 Å². The first-order valence-electron chi connectivity index (χ1n) is 4.27. The van der Waals surface area contributed by atoms with E-state index in [1.807, 2.05) is 0 Å². The molecule has 0 radical (unpaired) electrons. The van der Waals surface area contributed by atoms with Crippen molar-refractivity contribution in [2.75, 3.05) is 17.4 Å². The van der Waals surface area contributed by atoms with Crippen LogP contribution in [0.25, 0.3) is 0 Å². The van der Waals surface area contributed by atoms with Crippen molar-refractivity contribution in [3.63, 3.8) is 0 Å². The number of anilines is 1. The number of halogens is 1. The zero-order valence-electron chi connectivity index (χ0n) is 8.18. The Morgan fingerprint density at radius 2 is 2.40 bits per heavy atom. The highest BCUT2D eigenvalue weighted by molar-refractivity contribution is 9.10. The lowest BCUT2D eigenvalue weighted by molar-refractivity contribution is 0.558. The van der Waals surface area contributed by atoms with Gasteiger partial charge in [0.15, 0.2) is 0 Å². The van der Waals surface area contributed by atoms with Crippen LogP contribution in [0.15, 0.2) is 16.7 Å². The molecule has 1 heterocycles. The average molecular weight is 294 g/mol. The Labute approximate surface area is 99.2 Å². The first-order valence-corrected chi connectivity index (χ1v) is 6.12. The summed E-state index contributed by atoms with van der Waals surface area (Å²) in [6.07, 6.45) is 1.64. The molecule has 0 saturated heterocycles. The van der Waals surface area contributed by atoms with E-state index >= 15 is 0 Å². The van der Waals surface area contributed by atoms with Crippen LogP contribution in [0, 0.1) is 6.92 Å². The van der Waals surface area contributed by atoms with E-state index in [1.54, 1.807) is 19.2 Å². The van der Waals surface area contributed by atoms with Crippen molar-refractivity contribution in [2.45, 2.75) is 6.92 Å². The first-order chi connectivity index (χ1) is 7.06. The lowest BCUT2D eigenvalue weighted by Crippen LogP contribution is -2.31. The Morgan fingerprint density at radius 3 is 2.93 bits per heavy atom. The Hall–Kier alpha value is -0.500. The normalized spacial score (nSPS) is 12.5. The summed E-state index contributed by atoms with van der Waals surface area (Å²) in [7, 11) is 0. The van der Waals surface area contributed by atoms with Gasteiger partial charge >= 0.3 is 0 Å². The number of hydrogen-bond donors (Lipinski definition) is 2. The number of nitrogens with zero attached hydrogens (tertiary/aromatic N) is 2. The van der Waals surface area contributed by atoms with Crippen molar-refractivity contribution in [2.24, 2.45) is 5.73 Å². The monoisotopic (exact) mass is 293 g/mol. The Balaban J connectivity index is 3.09. The molecule has 15 heavy (non-hydrogen) atoms. The smallest absolute Gasteiger partial charge is 0.261 e. The van der Waals surface area contributed by atoms with Crippen LogP contribution in [0.1, 0.15) is 5.69 Å². The van der Waals surface area contributed by atoms with Crippen LogP contribution in [0.3, 0.4) is 0 Å². The molecule has 84 valence electrons. The second-order valence-corrected chi connectivity index (χ2v) is 4.70. The second-order valence-electron chi connectivity index (χ2n) is 2.88. The van der Waals surface area contributed by atoms with E-state index in [0.717, 1.165) is 4.47 Å². The van der Waals surface area contributed by atoms with Crippen LogP contribution in [-0.2, 0) is 11.3 Å². The van der Waals surface area contributed by atoms with E-state index in [9.17, 15) is 4.21 Å². The number of aromatic nitrogens is 1. The minimum atomic E-state index is -2.08. The molecule has 1 aromatic rings. The standard InChI is InChI=1S/C8H12BrN3O2S/c1-6-8(4-7(9)5-11-6)12(3-2-10)15(13)14/h4-5H,2-3,10H2,1H3,(H,13,14). The lowest BCUT2D eigenvalue weighted by Gasteiger charge is -2.20. The van der Waals surface area contributed by atoms with E-state index in [-0.39, 0.29) is 0 Å². The summed E-state index contributed by atoms with van der Waals surface area (Å²) in [6.45, 7) is 2.39. The van der Waals surface area contributed by atoms with E-state index in [0.29, 0.717) is 24.5 Å². The van der Waals surface area contributed by atoms with Crippen LogP contribution < -0.4 is 10.0 Å². The molecule has 0 saturated carbocycles. The van der Waals surface area contributed by atoms with Gasteiger partial charge in [0.1, 0.15) is 0 Å². The third kappa shape index (κ3) is 3.23. The molecule has 0 amide bonds. The number of nitrogens with two attached hydrogens (primary N) is 1. The van der Waals surface area contributed by atoms with E-state index in [2.05, 4.69) is 20.9 Å². The third-order valence-corrected chi connectivity index (χ3v) is 3.01. The summed E-state index contributed by atoms with van der Waals surface area (Å²) in [5.41, 5.74) is 6.67. The van der Waals surface area contributed by atoms with Crippen molar-refractivity contribution in [3.05, 3.63) is 22.4 Å². The minimum Gasteiger partial charge on any atom is -0.329 e. The Kier molecular flexibility index (Phi) is 4.65. The molecule has 1 atom stereocenters. The van der Waals surface area contributed by atoms with Crippen molar-refractivity contribution in [1.82, 2.24) is 4.98 Å². The maximum absolute atomic E-state index is 11.1. The zero-order valence-corrected chi connectivity index (χ0v) is 10.6. The summed E-state index contributed by atoms with van der Waals surface area (Å²) in [4.78, 5) is 4.09. The second kappa shape index (κ2) is 5.55. The van der Waals surface area contributed by atoms with Gasteiger partial charge in [0.25, 0.3) is 11.3 Å². The third-order valence-electron chi connectivity index (χ3n) is 1.82. The largest absolute Gasteiger partial charge is 0.329 e. The summed E-state index contributed by atoms with van der Waals surface area (Å²) >= 11 is 1.18. The molecule has 0 aromatic carbocycles. The van der Waals surface area contributed by atoms with E-state index < -0.39 is 11.3 Å². The summed E-state index contributed by atoms with van der Waals surface area (Å²) in [5, 5.41) is 0. The number of hydrogen-bond acceptors (Lipinski definition) is 3. The van der Waals surface area contributed by atoms with Gasteiger partial charge in [-0.2, -0.15) is 0 Å². The molecule has 0 bridgehead atoms. The molecule has 0 spiro atoms. The van der Waals surface area contributed by atoms with Crippen molar-refractivity contribution in [3.8, 4) is 0 Å². The molecule has 7 heteroatoms. The van der Waals surface area contributed by atoms with Gasteiger partial charge < -0.3 is 5.73 Å². The van der Waals surface area contributed by atoms with Gasteiger partial charge in [0, 0.05) is 23.8 Å². The van der Waals surface area contributed by atoms with Gasteiger partial charge in [-0.15, -0.1) is 0 Å². The molecule has 3 N–H and O–H groups in total. The number of aryl methyl sites for hydroxylation is 1. The molecule has 0 aliphatic heterocycles. The number of rotatable bonds is 4. The van der Waals surface area contributed by atoms with Crippen LogP contribution in [0.5, 0.6) is 0 Å². The molecule has 1 aromatic heterocycles. The molecule has 1 unspecified atom stereocenters. The minimum absolute atomic E-state index is 0.304. The van der Waals surface area contributed by atoms with Crippen molar-refractivity contribution in [1.29, 1.82) is 0 Å². The fourth-order valence-electron chi connectivity index (χ4n) is 1.15. The van der Waals surface area contributed by atoms with Crippen LogP contribution >= 0.6 is 15.9 Å². The van der Waals surface area contributed by atoms with Gasteiger partial charge in [0.2, 0.25) is 0 Å². The van der Waals surface area contributed by atoms with E-state index in [4.69, 9.17) is 10.3 Å². The summed E-state index contributed by atoms with van der Waals surface area (Å²) in [5.74, 6) is 0. The van der Waals surface area contributed by atoms with E-state index in [1.165, 1.54) is 4.31 Å². The molecular weight excluding hydrogens is 282 g/mol. The van der Waals surface area contributed by atoms with Gasteiger partial charge in [-0.05, 0) is 28.9 Å². The SMILES string of the molecule is Cc1ncc(Br)cc1N(CCN)S(=O)O. The van der Waals surface area contributed by atoms with Crippen molar-refractivity contribution >= 4 is 32.9 Å². The molecule has 0 fully saturated rings. The van der Waals surface area contributed by atoms with Crippen LogP contribution in [0.2, 0.25) is 0 Å². The van der Waals surface area contributed by atoms with Gasteiger partial charge in [-0.1, -0.05) is 0 Å². The Bertz CT molecular complexity index is 375. The summed E-state index contributed by atoms with van der Waals surface area (Å²) < 4.78 is 22.3. The molecule has 0 aliphatic carbocycles. The average Bonchev–Trinajstić information content (AvgIpc) is 2.18. The fourth-order valence-corrected chi connectivity index (χ4v) is 2.08. The quantitative estimate of drug-likeness (QED) is 0.814. The highest BCUT2D eigenvalue weighted by Crippen LogP contribution is 2.22. The van der Waals surface area contributed by atoms with Gasteiger partial charge in [0.05, 0.1) is 11.4 Å². The first kappa shape index (κ1) is 12.6. The zero-order chi connectivity index (χ0) is 11.4. The lowest BCUT2D eigenvalue weighted by atomic mass is 10.3. The topological polar surface area (TPSA) is 79.5 Å². The Morgan fingerprint density at radius 1 is 1.73 bits per heavy atom. The summed E-state index contributed by atoms with van der Waals surface area (Å²) in [6, 6.07) is 1.74. The molecular formula is C8H12BrN3O2S. The molecule has 0 aliphatic rings. The predicted octanol–water partition coefficient (Wildman–Crippen LogP) is 1.05. The van der Waals surface area contributed by atoms with Gasteiger partial charge in [-0.3, -0.25) is 13.8 Å². The highest BCUT2D eigenvalue weighted by Gasteiger charge is 2.14. The fraction of sp³-hybridized carbons (Fsp3) is 0.375. The highest BCUT2D eigenvalue weighted by atomic mass is 79.9. The molecule has 1 rings (SSSR count). The molecule has 5 nitrogen and oxygen atoms in total. The maximum Gasteiger partial charge on any atom is 0.261 e. The van der Waals surface area contributed by atoms with Crippen molar-refractivity contribution < 1.29 is 8.76 Å². The van der Waals surface area contributed by atoms with Crippen LogP contribution in [-0.4, -0.2) is 26.8 Å². The number of pyridine rings is 1. The van der Waals surface area contributed by atoms with Crippen LogP contribution in [0.4, 0.5) is 5.69 Å².